The first-order valence-corrected chi connectivity index (χ1v) is 9.14. The van der Waals surface area contributed by atoms with Crippen molar-refractivity contribution in [1.82, 2.24) is 9.03 Å². The maximum absolute atomic E-state index is 12.2. The van der Waals surface area contributed by atoms with Crippen molar-refractivity contribution in [1.29, 1.82) is 0 Å². The van der Waals surface area contributed by atoms with Gasteiger partial charge in [-0.15, -0.1) is 0 Å². The molecule has 0 spiro atoms. The second kappa shape index (κ2) is 6.35. The first-order chi connectivity index (χ1) is 8.99. The number of nitrogens with one attached hydrogen (secondary N) is 1. The highest BCUT2D eigenvalue weighted by Gasteiger charge is 2.27. The summed E-state index contributed by atoms with van der Waals surface area (Å²) in [4.78, 5) is 0. The summed E-state index contributed by atoms with van der Waals surface area (Å²) in [5.41, 5.74) is 1.19. The maximum Gasteiger partial charge on any atom is 0.279 e. The Morgan fingerprint density at radius 2 is 2.37 bits per heavy atom. The average molecular weight is 302 g/mol. The Balaban J connectivity index is 1.90. The lowest BCUT2D eigenvalue weighted by Gasteiger charge is -2.30. The van der Waals surface area contributed by atoms with Gasteiger partial charge in [0.15, 0.2) is 0 Å². The van der Waals surface area contributed by atoms with Crippen molar-refractivity contribution in [2.45, 2.75) is 32.6 Å². The fourth-order valence-electron chi connectivity index (χ4n) is 2.36. The second-order valence-electron chi connectivity index (χ2n) is 5.42. The van der Waals surface area contributed by atoms with E-state index in [2.05, 4.69) is 17.0 Å². The molecule has 1 aromatic rings. The maximum atomic E-state index is 12.2. The van der Waals surface area contributed by atoms with E-state index < -0.39 is 10.2 Å². The molecule has 2 heterocycles. The zero-order chi connectivity index (χ0) is 13.9. The SMILES string of the molecule is C[C@@H]1CCCN(S(=O)(=O)NC[C@H](C)c2ccsc2)C1. The van der Waals surface area contributed by atoms with Crippen LogP contribution < -0.4 is 4.72 Å². The molecular formula is C13H22N2O2S2. The van der Waals surface area contributed by atoms with Crippen LogP contribution in [0.2, 0.25) is 0 Å². The van der Waals surface area contributed by atoms with Gasteiger partial charge in [0.2, 0.25) is 0 Å². The topological polar surface area (TPSA) is 49.4 Å². The van der Waals surface area contributed by atoms with E-state index >= 15 is 0 Å². The van der Waals surface area contributed by atoms with Crippen LogP contribution in [0.15, 0.2) is 16.8 Å². The molecule has 6 heteroatoms. The molecular weight excluding hydrogens is 280 g/mol. The summed E-state index contributed by atoms with van der Waals surface area (Å²) in [5.74, 6) is 0.669. The largest absolute Gasteiger partial charge is 0.279 e. The molecule has 2 rings (SSSR count). The first-order valence-electron chi connectivity index (χ1n) is 6.76. The summed E-state index contributed by atoms with van der Waals surface area (Å²) in [6, 6.07) is 2.05. The Morgan fingerprint density at radius 1 is 1.58 bits per heavy atom. The molecule has 4 nitrogen and oxygen atoms in total. The van der Waals surface area contributed by atoms with E-state index in [-0.39, 0.29) is 5.92 Å². The van der Waals surface area contributed by atoms with Crippen LogP contribution in [-0.2, 0) is 10.2 Å². The van der Waals surface area contributed by atoms with E-state index in [1.165, 1.54) is 5.56 Å². The van der Waals surface area contributed by atoms with E-state index in [0.717, 1.165) is 12.8 Å². The number of nitrogens with zero attached hydrogens (tertiary/aromatic N) is 1. The number of thiophene rings is 1. The number of hydrogen-bond donors (Lipinski definition) is 1. The Bertz CT molecular complexity index is 485. The summed E-state index contributed by atoms with van der Waals surface area (Å²) >= 11 is 1.64. The highest BCUT2D eigenvalue weighted by Crippen LogP contribution is 2.20. The molecule has 0 aromatic carbocycles. The molecule has 0 radical (unpaired) electrons. The van der Waals surface area contributed by atoms with E-state index in [4.69, 9.17) is 0 Å². The normalized spacial score (nSPS) is 23.4. The molecule has 0 saturated carbocycles. The standard InChI is InChI=1S/C13H22N2O2S2/c1-11-4-3-6-15(9-11)19(16,17)14-8-12(2)13-5-7-18-10-13/h5,7,10-12,14H,3-4,6,8-9H2,1-2H3/t11-,12+/m1/s1. The summed E-state index contributed by atoms with van der Waals surface area (Å²) in [7, 11) is -3.32. The van der Waals surface area contributed by atoms with Crippen LogP contribution in [0.1, 0.15) is 38.2 Å². The fourth-order valence-corrected chi connectivity index (χ4v) is 4.61. The van der Waals surface area contributed by atoms with Crippen molar-refractivity contribution >= 4 is 21.5 Å². The average Bonchev–Trinajstić information content (AvgIpc) is 2.90. The van der Waals surface area contributed by atoms with Crippen molar-refractivity contribution < 1.29 is 8.42 Å². The molecule has 0 aliphatic carbocycles. The molecule has 108 valence electrons. The molecule has 2 atom stereocenters. The smallest absolute Gasteiger partial charge is 0.202 e. The van der Waals surface area contributed by atoms with Gasteiger partial charge >= 0.3 is 0 Å². The van der Waals surface area contributed by atoms with Gasteiger partial charge in [0, 0.05) is 19.6 Å². The Morgan fingerprint density at radius 3 is 3.00 bits per heavy atom. The highest BCUT2D eigenvalue weighted by molar-refractivity contribution is 7.87. The van der Waals surface area contributed by atoms with Gasteiger partial charge in [-0.1, -0.05) is 13.8 Å². The zero-order valence-electron chi connectivity index (χ0n) is 11.5. The van der Waals surface area contributed by atoms with Crippen molar-refractivity contribution in [3.8, 4) is 0 Å². The van der Waals surface area contributed by atoms with Crippen LogP contribution in [0.25, 0.3) is 0 Å². The quantitative estimate of drug-likeness (QED) is 0.908. The van der Waals surface area contributed by atoms with Gasteiger partial charge in [0.25, 0.3) is 10.2 Å². The third kappa shape index (κ3) is 4.02. The third-order valence-corrected chi connectivity index (χ3v) is 5.89. The Kier molecular flexibility index (Phi) is 5.00. The van der Waals surface area contributed by atoms with Gasteiger partial charge in [-0.2, -0.15) is 24.1 Å². The van der Waals surface area contributed by atoms with Crippen LogP contribution >= 0.6 is 11.3 Å². The van der Waals surface area contributed by atoms with Crippen molar-refractivity contribution in [2.24, 2.45) is 5.92 Å². The Labute approximate surface area is 120 Å². The monoisotopic (exact) mass is 302 g/mol. The zero-order valence-corrected chi connectivity index (χ0v) is 13.1. The first kappa shape index (κ1) is 15.0. The van der Waals surface area contributed by atoms with Crippen molar-refractivity contribution in [3.05, 3.63) is 22.4 Å². The van der Waals surface area contributed by atoms with Crippen LogP contribution in [0.5, 0.6) is 0 Å². The van der Waals surface area contributed by atoms with E-state index in [1.54, 1.807) is 15.6 Å². The summed E-state index contributed by atoms with van der Waals surface area (Å²) in [6.45, 7) is 5.90. The van der Waals surface area contributed by atoms with Gasteiger partial charge in [-0.3, -0.25) is 0 Å². The van der Waals surface area contributed by atoms with Crippen LogP contribution in [0, 0.1) is 5.92 Å². The Hall–Kier alpha value is -0.430. The summed E-state index contributed by atoms with van der Waals surface area (Å²) < 4.78 is 28.8. The molecule has 0 bridgehead atoms. The lowest BCUT2D eigenvalue weighted by atomic mass is 10.0. The third-order valence-electron chi connectivity index (χ3n) is 3.64. The number of piperidine rings is 1. The summed E-state index contributed by atoms with van der Waals surface area (Å²) in [5, 5.41) is 4.09. The van der Waals surface area contributed by atoms with Crippen LogP contribution in [0.3, 0.4) is 0 Å². The van der Waals surface area contributed by atoms with E-state index in [9.17, 15) is 8.42 Å². The lowest BCUT2D eigenvalue weighted by Crippen LogP contribution is -2.46. The molecule has 1 fully saturated rings. The molecule has 1 aromatic heterocycles. The van der Waals surface area contributed by atoms with E-state index in [0.29, 0.717) is 25.6 Å². The number of hydrogen-bond acceptors (Lipinski definition) is 3. The molecule has 1 aliphatic rings. The molecule has 1 saturated heterocycles. The van der Waals surface area contributed by atoms with Crippen LogP contribution in [0.4, 0.5) is 0 Å². The van der Waals surface area contributed by atoms with Gasteiger partial charge in [0.05, 0.1) is 0 Å². The highest BCUT2D eigenvalue weighted by atomic mass is 32.2. The molecule has 0 unspecified atom stereocenters. The van der Waals surface area contributed by atoms with Crippen molar-refractivity contribution in [2.75, 3.05) is 19.6 Å². The molecule has 1 N–H and O–H groups in total. The minimum atomic E-state index is -3.32. The minimum absolute atomic E-state index is 0.211. The summed E-state index contributed by atoms with van der Waals surface area (Å²) in [6.07, 6.45) is 2.08. The molecule has 1 aliphatic heterocycles. The van der Waals surface area contributed by atoms with E-state index in [1.807, 2.05) is 18.4 Å². The van der Waals surface area contributed by atoms with Gasteiger partial charge in [0.1, 0.15) is 0 Å². The number of rotatable bonds is 5. The van der Waals surface area contributed by atoms with Gasteiger partial charge in [-0.05, 0) is 47.1 Å². The predicted molar refractivity (Wildman–Crippen MR) is 79.6 cm³/mol. The van der Waals surface area contributed by atoms with Gasteiger partial charge in [-0.25, -0.2) is 4.72 Å². The lowest BCUT2D eigenvalue weighted by molar-refractivity contribution is 0.278. The molecule has 19 heavy (non-hydrogen) atoms. The second-order valence-corrected chi connectivity index (χ2v) is 7.95. The minimum Gasteiger partial charge on any atom is -0.202 e. The predicted octanol–water partition coefficient (Wildman–Crippen LogP) is 2.42. The molecule has 0 amide bonds. The fraction of sp³-hybridized carbons (Fsp3) is 0.692. The van der Waals surface area contributed by atoms with Gasteiger partial charge < -0.3 is 0 Å². The van der Waals surface area contributed by atoms with Crippen LogP contribution in [-0.4, -0.2) is 32.4 Å². The van der Waals surface area contributed by atoms with Crippen molar-refractivity contribution in [3.63, 3.8) is 0 Å².